The zero-order valence-corrected chi connectivity index (χ0v) is 15.7. The SMILES string of the molecule is Cc1ccc(C(=O)Nc2nnc(SCc3cccc(C(F)(F)F)c3)s2)cc1. The van der Waals surface area contributed by atoms with Crippen molar-refractivity contribution in [1.29, 1.82) is 0 Å². The van der Waals surface area contributed by atoms with Gasteiger partial charge >= 0.3 is 6.18 Å². The van der Waals surface area contributed by atoms with Crippen molar-refractivity contribution in [1.82, 2.24) is 10.2 Å². The van der Waals surface area contributed by atoms with Gasteiger partial charge in [0.2, 0.25) is 5.13 Å². The first kappa shape index (κ1) is 19.4. The quantitative estimate of drug-likeness (QED) is 0.452. The van der Waals surface area contributed by atoms with Gasteiger partial charge in [-0.1, -0.05) is 59.0 Å². The monoisotopic (exact) mass is 409 g/mol. The second kappa shape index (κ2) is 8.10. The summed E-state index contributed by atoms with van der Waals surface area (Å²) in [6, 6.07) is 12.3. The molecule has 0 saturated carbocycles. The molecule has 0 bridgehead atoms. The van der Waals surface area contributed by atoms with Gasteiger partial charge in [-0.3, -0.25) is 10.1 Å². The highest BCUT2D eigenvalue weighted by Crippen LogP contribution is 2.32. The molecule has 3 rings (SSSR count). The van der Waals surface area contributed by atoms with E-state index in [1.165, 1.54) is 29.2 Å². The maximum Gasteiger partial charge on any atom is 0.416 e. The molecule has 0 aliphatic heterocycles. The first-order valence-corrected chi connectivity index (χ1v) is 9.62. The highest BCUT2D eigenvalue weighted by Gasteiger charge is 2.30. The highest BCUT2D eigenvalue weighted by atomic mass is 32.2. The topological polar surface area (TPSA) is 54.9 Å². The van der Waals surface area contributed by atoms with Crippen molar-refractivity contribution in [3.8, 4) is 0 Å². The molecule has 9 heteroatoms. The maximum absolute atomic E-state index is 12.8. The van der Waals surface area contributed by atoms with E-state index in [9.17, 15) is 18.0 Å². The van der Waals surface area contributed by atoms with Gasteiger partial charge in [0, 0.05) is 11.3 Å². The van der Waals surface area contributed by atoms with Crippen LogP contribution in [0, 0.1) is 6.92 Å². The molecule has 0 aliphatic carbocycles. The van der Waals surface area contributed by atoms with E-state index in [1.54, 1.807) is 18.2 Å². The van der Waals surface area contributed by atoms with Crippen LogP contribution in [-0.4, -0.2) is 16.1 Å². The third-order valence-electron chi connectivity index (χ3n) is 3.56. The van der Waals surface area contributed by atoms with E-state index in [-0.39, 0.29) is 5.91 Å². The summed E-state index contributed by atoms with van der Waals surface area (Å²) in [5, 5.41) is 10.9. The zero-order valence-electron chi connectivity index (χ0n) is 14.1. The number of carbonyl (C=O) groups excluding carboxylic acids is 1. The van der Waals surface area contributed by atoms with Gasteiger partial charge in [0.1, 0.15) is 0 Å². The van der Waals surface area contributed by atoms with Gasteiger partial charge in [0.05, 0.1) is 5.56 Å². The van der Waals surface area contributed by atoms with Crippen molar-refractivity contribution < 1.29 is 18.0 Å². The van der Waals surface area contributed by atoms with E-state index in [0.717, 1.165) is 17.7 Å². The van der Waals surface area contributed by atoms with Gasteiger partial charge in [-0.2, -0.15) is 13.2 Å². The second-order valence-electron chi connectivity index (χ2n) is 5.68. The molecule has 0 spiro atoms. The van der Waals surface area contributed by atoms with Crippen molar-refractivity contribution in [2.45, 2.75) is 23.2 Å². The maximum atomic E-state index is 12.8. The lowest BCUT2D eigenvalue weighted by Gasteiger charge is -2.07. The number of nitrogens with one attached hydrogen (secondary N) is 1. The molecule has 0 unspecified atom stereocenters. The molecule has 1 N–H and O–H groups in total. The molecular weight excluding hydrogens is 395 g/mol. The Morgan fingerprint density at radius 2 is 1.89 bits per heavy atom. The van der Waals surface area contributed by atoms with Gasteiger partial charge in [0.15, 0.2) is 4.34 Å². The van der Waals surface area contributed by atoms with Crippen LogP contribution in [0.3, 0.4) is 0 Å². The summed E-state index contributed by atoms with van der Waals surface area (Å²) >= 11 is 2.44. The molecule has 27 heavy (non-hydrogen) atoms. The molecule has 0 radical (unpaired) electrons. The third-order valence-corrected chi connectivity index (χ3v) is 5.60. The number of hydrogen-bond donors (Lipinski definition) is 1. The van der Waals surface area contributed by atoms with Crippen molar-refractivity contribution in [3.63, 3.8) is 0 Å². The number of carbonyl (C=O) groups is 1. The van der Waals surface area contributed by atoms with Crippen LogP contribution >= 0.6 is 23.1 Å². The number of alkyl halides is 3. The second-order valence-corrected chi connectivity index (χ2v) is 7.88. The summed E-state index contributed by atoms with van der Waals surface area (Å²) in [7, 11) is 0. The number of amides is 1. The number of benzene rings is 2. The number of nitrogens with zero attached hydrogens (tertiary/aromatic N) is 2. The summed E-state index contributed by atoms with van der Waals surface area (Å²) in [5.41, 5.74) is 1.42. The lowest BCUT2D eigenvalue weighted by atomic mass is 10.1. The smallest absolute Gasteiger partial charge is 0.296 e. The van der Waals surface area contributed by atoms with Crippen LogP contribution in [-0.2, 0) is 11.9 Å². The Morgan fingerprint density at radius 1 is 1.15 bits per heavy atom. The lowest BCUT2D eigenvalue weighted by molar-refractivity contribution is -0.137. The number of rotatable bonds is 5. The van der Waals surface area contributed by atoms with Gasteiger partial charge in [-0.05, 0) is 30.7 Å². The predicted molar refractivity (Wildman–Crippen MR) is 100 cm³/mol. The Labute approximate surface area is 161 Å². The van der Waals surface area contributed by atoms with Crippen LogP contribution in [0.1, 0.15) is 27.0 Å². The van der Waals surface area contributed by atoms with E-state index >= 15 is 0 Å². The van der Waals surface area contributed by atoms with Gasteiger partial charge in [-0.15, -0.1) is 10.2 Å². The normalized spacial score (nSPS) is 11.4. The number of thioether (sulfide) groups is 1. The standard InChI is InChI=1S/C18H14F3N3OS2/c1-11-5-7-13(8-6-11)15(25)22-16-23-24-17(27-16)26-10-12-3-2-4-14(9-12)18(19,20)21/h2-9H,10H2,1H3,(H,22,23,25). The summed E-state index contributed by atoms with van der Waals surface area (Å²) < 4.78 is 38.8. The van der Waals surface area contributed by atoms with Crippen LogP contribution < -0.4 is 5.32 Å². The third kappa shape index (κ3) is 5.30. The number of halogens is 3. The summed E-state index contributed by atoms with van der Waals surface area (Å²) in [5.74, 6) is 0.0327. The minimum Gasteiger partial charge on any atom is -0.296 e. The fourth-order valence-electron chi connectivity index (χ4n) is 2.18. The Bertz CT molecular complexity index is 940. The number of aryl methyl sites for hydroxylation is 1. The lowest BCUT2D eigenvalue weighted by Crippen LogP contribution is -2.11. The van der Waals surface area contributed by atoms with E-state index < -0.39 is 11.7 Å². The predicted octanol–water partition coefficient (Wildman–Crippen LogP) is 5.41. The van der Waals surface area contributed by atoms with E-state index in [0.29, 0.717) is 26.4 Å². The minimum absolute atomic E-state index is 0.291. The van der Waals surface area contributed by atoms with Crippen LogP contribution in [0.4, 0.5) is 18.3 Å². The molecule has 0 fully saturated rings. The van der Waals surface area contributed by atoms with Crippen LogP contribution in [0.2, 0.25) is 0 Å². The number of hydrogen-bond acceptors (Lipinski definition) is 5. The van der Waals surface area contributed by atoms with Crippen molar-refractivity contribution in [2.24, 2.45) is 0 Å². The Morgan fingerprint density at radius 3 is 2.59 bits per heavy atom. The number of aromatic nitrogens is 2. The molecule has 1 heterocycles. The molecule has 2 aromatic carbocycles. The van der Waals surface area contributed by atoms with Crippen LogP contribution in [0.5, 0.6) is 0 Å². The fourth-order valence-corrected chi connectivity index (χ4v) is 3.87. The Kier molecular flexibility index (Phi) is 5.81. The van der Waals surface area contributed by atoms with Gasteiger partial charge in [-0.25, -0.2) is 0 Å². The molecule has 1 aromatic heterocycles. The first-order chi connectivity index (χ1) is 12.8. The molecule has 4 nitrogen and oxygen atoms in total. The highest BCUT2D eigenvalue weighted by molar-refractivity contribution is 8.00. The Balaban J connectivity index is 1.60. The largest absolute Gasteiger partial charge is 0.416 e. The number of anilines is 1. The zero-order chi connectivity index (χ0) is 19.4. The van der Waals surface area contributed by atoms with Gasteiger partial charge < -0.3 is 0 Å². The van der Waals surface area contributed by atoms with E-state index in [2.05, 4.69) is 15.5 Å². The molecule has 1 amide bonds. The molecule has 0 saturated heterocycles. The van der Waals surface area contributed by atoms with E-state index in [1.807, 2.05) is 19.1 Å². The molecule has 140 valence electrons. The van der Waals surface area contributed by atoms with Crippen molar-refractivity contribution >= 4 is 34.1 Å². The van der Waals surface area contributed by atoms with Crippen molar-refractivity contribution in [3.05, 3.63) is 70.8 Å². The average Bonchev–Trinajstić information content (AvgIpc) is 3.07. The average molecular weight is 409 g/mol. The van der Waals surface area contributed by atoms with Crippen molar-refractivity contribution in [2.75, 3.05) is 5.32 Å². The van der Waals surface area contributed by atoms with Gasteiger partial charge in [0.25, 0.3) is 5.91 Å². The van der Waals surface area contributed by atoms with Crippen LogP contribution in [0.15, 0.2) is 52.9 Å². The Hall–Kier alpha value is -2.39. The summed E-state index contributed by atoms with van der Waals surface area (Å²) in [4.78, 5) is 12.2. The summed E-state index contributed by atoms with van der Waals surface area (Å²) in [6.45, 7) is 1.93. The molecule has 0 atom stereocenters. The molecule has 3 aromatic rings. The minimum atomic E-state index is -4.36. The van der Waals surface area contributed by atoms with E-state index in [4.69, 9.17) is 0 Å². The first-order valence-electron chi connectivity index (χ1n) is 7.82. The molecule has 0 aliphatic rings. The molecular formula is C18H14F3N3OS2. The van der Waals surface area contributed by atoms with Crippen LogP contribution in [0.25, 0.3) is 0 Å². The fraction of sp³-hybridized carbons (Fsp3) is 0.167. The summed E-state index contributed by atoms with van der Waals surface area (Å²) in [6.07, 6.45) is -4.36.